The summed E-state index contributed by atoms with van der Waals surface area (Å²) in [4.78, 5) is 16.0. The van der Waals surface area contributed by atoms with Gasteiger partial charge in [-0.05, 0) is 42.8 Å². The molecule has 0 saturated heterocycles. The summed E-state index contributed by atoms with van der Waals surface area (Å²) in [7, 11) is 1.48. The Morgan fingerprint density at radius 3 is 2.70 bits per heavy atom. The third-order valence-electron chi connectivity index (χ3n) is 2.83. The van der Waals surface area contributed by atoms with E-state index in [1.54, 1.807) is 36.5 Å². The molecule has 0 spiro atoms. The number of hydrogen-bond acceptors (Lipinski definition) is 4. The number of phenols is 1. The Kier molecular flexibility index (Phi) is 4.15. The second kappa shape index (κ2) is 6.02. The average Bonchev–Trinajstić information content (AvgIpc) is 2.45. The molecule has 0 unspecified atom stereocenters. The fourth-order valence-electron chi connectivity index (χ4n) is 1.69. The summed E-state index contributed by atoms with van der Waals surface area (Å²) in [5.41, 5.74) is 2.12. The molecule has 1 N–H and O–H groups in total. The van der Waals surface area contributed by atoms with Crippen molar-refractivity contribution in [3.63, 3.8) is 0 Å². The van der Waals surface area contributed by atoms with Crippen LogP contribution in [0.4, 0.5) is 0 Å². The number of ketones is 1. The number of ether oxygens (including phenoxy) is 1. The molecule has 4 nitrogen and oxygen atoms in total. The van der Waals surface area contributed by atoms with E-state index in [9.17, 15) is 9.90 Å². The lowest BCUT2D eigenvalue weighted by atomic mass is 10.1. The van der Waals surface area contributed by atoms with Gasteiger partial charge in [-0.2, -0.15) is 0 Å². The first-order valence-corrected chi connectivity index (χ1v) is 6.12. The van der Waals surface area contributed by atoms with E-state index in [4.69, 9.17) is 4.74 Å². The topological polar surface area (TPSA) is 59.4 Å². The van der Waals surface area contributed by atoms with Crippen molar-refractivity contribution >= 4 is 11.9 Å². The third kappa shape index (κ3) is 3.23. The number of hydrogen-bond donors (Lipinski definition) is 1. The highest BCUT2D eigenvalue weighted by Gasteiger charge is 2.03. The molecule has 0 bridgehead atoms. The number of methoxy groups -OCH3 is 1. The van der Waals surface area contributed by atoms with E-state index < -0.39 is 0 Å². The van der Waals surface area contributed by atoms with Gasteiger partial charge in [-0.25, -0.2) is 0 Å². The van der Waals surface area contributed by atoms with Crippen molar-refractivity contribution in [2.75, 3.05) is 7.11 Å². The summed E-state index contributed by atoms with van der Waals surface area (Å²) in [6.07, 6.45) is 4.64. The number of aromatic nitrogens is 1. The maximum Gasteiger partial charge on any atom is 0.187 e. The number of carbonyl (C=O) groups is 1. The van der Waals surface area contributed by atoms with Gasteiger partial charge in [0.2, 0.25) is 0 Å². The Morgan fingerprint density at radius 2 is 2.10 bits per heavy atom. The van der Waals surface area contributed by atoms with E-state index in [1.165, 1.54) is 19.3 Å². The summed E-state index contributed by atoms with van der Waals surface area (Å²) in [6.45, 7) is 1.87. The number of phenolic OH excluding ortho intramolecular Hbond substituents is 1. The number of nitrogens with zero attached hydrogens (tertiary/aromatic N) is 1. The summed E-state index contributed by atoms with van der Waals surface area (Å²) >= 11 is 0. The predicted molar refractivity (Wildman–Crippen MR) is 77.0 cm³/mol. The SMILES string of the molecule is COc1ccc(/C=C/C(=O)c2ccc(C)nc2)cc1O. The highest BCUT2D eigenvalue weighted by Crippen LogP contribution is 2.26. The fraction of sp³-hybridized carbons (Fsp3) is 0.125. The summed E-state index contributed by atoms with van der Waals surface area (Å²) in [5.74, 6) is 0.308. The second-order valence-corrected chi connectivity index (χ2v) is 4.32. The minimum absolute atomic E-state index is 0.0408. The number of pyridine rings is 1. The van der Waals surface area contributed by atoms with E-state index >= 15 is 0 Å². The molecule has 0 aliphatic rings. The first-order valence-electron chi connectivity index (χ1n) is 6.12. The Hall–Kier alpha value is -2.62. The van der Waals surface area contributed by atoms with Crippen LogP contribution in [0.2, 0.25) is 0 Å². The van der Waals surface area contributed by atoms with Gasteiger partial charge in [0, 0.05) is 17.5 Å². The largest absolute Gasteiger partial charge is 0.504 e. The van der Waals surface area contributed by atoms with Crippen molar-refractivity contribution in [3.05, 3.63) is 59.4 Å². The molecule has 0 fully saturated rings. The van der Waals surface area contributed by atoms with Crippen LogP contribution in [0.25, 0.3) is 6.08 Å². The molecule has 0 aliphatic heterocycles. The highest BCUT2D eigenvalue weighted by atomic mass is 16.5. The zero-order valence-electron chi connectivity index (χ0n) is 11.3. The van der Waals surface area contributed by atoms with Gasteiger partial charge < -0.3 is 9.84 Å². The molecule has 1 aromatic heterocycles. The minimum atomic E-state index is -0.132. The van der Waals surface area contributed by atoms with Crippen molar-refractivity contribution < 1.29 is 14.6 Å². The number of aromatic hydroxyl groups is 1. The van der Waals surface area contributed by atoms with Gasteiger partial charge >= 0.3 is 0 Å². The van der Waals surface area contributed by atoms with Gasteiger partial charge in [0.15, 0.2) is 17.3 Å². The van der Waals surface area contributed by atoms with Crippen LogP contribution in [0, 0.1) is 6.92 Å². The molecule has 1 heterocycles. The van der Waals surface area contributed by atoms with Crippen molar-refractivity contribution in [3.8, 4) is 11.5 Å². The van der Waals surface area contributed by atoms with Crippen molar-refractivity contribution in [1.82, 2.24) is 4.98 Å². The molecule has 0 atom stereocenters. The van der Waals surface area contributed by atoms with Crippen molar-refractivity contribution in [2.24, 2.45) is 0 Å². The van der Waals surface area contributed by atoms with E-state index in [-0.39, 0.29) is 11.5 Å². The van der Waals surface area contributed by atoms with Crippen LogP contribution in [0.5, 0.6) is 11.5 Å². The Labute approximate surface area is 117 Å². The average molecular weight is 269 g/mol. The Morgan fingerprint density at radius 1 is 1.30 bits per heavy atom. The second-order valence-electron chi connectivity index (χ2n) is 4.32. The molecular weight excluding hydrogens is 254 g/mol. The molecule has 2 aromatic rings. The fourth-order valence-corrected chi connectivity index (χ4v) is 1.69. The first-order chi connectivity index (χ1) is 9.60. The summed E-state index contributed by atoms with van der Waals surface area (Å²) in [6, 6.07) is 8.47. The third-order valence-corrected chi connectivity index (χ3v) is 2.83. The van der Waals surface area contributed by atoms with Gasteiger partial charge in [-0.1, -0.05) is 12.1 Å². The molecule has 4 heteroatoms. The summed E-state index contributed by atoms with van der Waals surface area (Å²) < 4.78 is 4.96. The van der Waals surface area contributed by atoms with Crippen LogP contribution in [0.1, 0.15) is 21.6 Å². The molecule has 0 amide bonds. The van der Waals surface area contributed by atoms with Gasteiger partial charge in [-0.15, -0.1) is 0 Å². The molecular formula is C16H15NO3. The van der Waals surface area contributed by atoms with E-state index in [0.29, 0.717) is 11.3 Å². The smallest absolute Gasteiger partial charge is 0.187 e. The minimum Gasteiger partial charge on any atom is -0.504 e. The number of benzene rings is 1. The van der Waals surface area contributed by atoms with Crippen molar-refractivity contribution in [2.45, 2.75) is 6.92 Å². The lowest BCUT2D eigenvalue weighted by Crippen LogP contribution is -1.95. The molecule has 1 aromatic carbocycles. The predicted octanol–water partition coefficient (Wildman–Crippen LogP) is 3.00. The number of allylic oxidation sites excluding steroid dienone is 1. The van der Waals surface area contributed by atoms with Gasteiger partial charge in [0.1, 0.15) is 0 Å². The van der Waals surface area contributed by atoms with Crippen LogP contribution in [0.15, 0.2) is 42.6 Å². The normalized spacial score (nSPS) is 10.7. The molecule has 102 valence electrons. The van der Waals surface area contributed by atoms with Gasteiger partial charge in [-0.3, -0.25) is 9.78 Å². The van der Waals surface area contributed by atoms with E-state index in [0.717, 1.165) is 11.3 Å². The molecule has 2 rings (SSSR count). The standard InChI is InChI=1S/C16H15NO3/c1-11-3-6-13(10-17-11)14(18)7-4-12-5-8-16(20-2)15(19)9-12/h3-10,19H,1-2H3/b7-4+. The van der Waals surface area contributed by atoms with Crippen molar-refractivity contribution in [1.29, 1.82) is 0 Å². The van der Waals surface area contributed by atoms with Crippen LogP contribution >= 0.6 is 0 Å². The van der Waals surface area contributed by atoms with Crippen LogP contribution in [0.3, 0.4) is 0 Å². The van der Waals surface area contributed by atoms with Gasteiger partial charge in [0.05, 0.1) is 7.11 Å². The van der Waals surface area contributed by atoms with Gasteiger partial charge in [0.25, 0.3) is 0 Å². The number of rotatable bonds is 4. The molecule has 0 radical (unpaired) electrons. The first kappa shape index (κ1) is 13.8. The maximum absolute atomic E-state index is 11.9. The lowest BCUT2D eigenvalue weighted by molar-refractivity contribution is 0.104. The van der Waals surface area contributed by atoms with Crippen LogP contribution in [-0.4, -0.2) is 23.0 Å². The molecule has 0 saturated carbocycles. The molecule has 0 aliphatic carbocycles. The number of aryl methyl sites for hydroxylation is 1. The quantitative estimate of drug-likeness (QED) is 0.684. The van der Waals surface area contributed by atoms with E-state index in [1.807, 2.05) is 6.92 Å². The van der Waals surface area contributed by atoms with Crippen LogP contribution < -0.4 is 4.74 Å². The van der Waals surface area contributed by atoms with Crippen LogP contribution in [-0.2, 0) is 0 Å². The Balaban J connectivity index is 2.14. The maximum atomic E-state index is 11.9. The molecule has 20 heavy (non-hydrogen) atoms. The zero-order chi connectivity index (χ0) is 14.5. The zero-order valence-corrected chi connectivity index (χ0v) is 11.3. The Bertz CT molecular complexity index is 645. The monoisotopic (exact) mass is 269 g/mol. The lowest BCUT2D eigenvalue weighted by Gasteiger charge is -2.03. The number of carbonyl (C=O) groups excluding carboxylic acids is 1. The summed E-state index contributed by atoms with van der Waals surface area (Å²) in [5, 5.41) is 9.65. The highest BCUT2D eigenvalue weighted by molar-refractivity contribution is 6.06. The van der Waals surface area contributed by atoms with E-state index in [2.05, 4.69) is 4.98 Å².